The summed E-state index contributed by atoms with van der Waals surface area (Å²) in [7, 11) is 1.49. The van der Waals surface area contributed by atoms with Crippen LogP contribution in [0.1, 0.15) is 23.3 Å². The number of hydrogen-bond donors (Lipinski definition) is 3. The van der Waals surface area contributed by atoms with E-state index in [1.54, 1.807) is 18.3 Å². The highest BCUT2D eigenvalue weighted by Gasteiger charge is 2.23. The molecular formula is C19H21FN8OS. The minimum absolute atomic E-state index is 0.0706. The highest BCUT2D eigenvalue weighted by molar-refractivity contribution is 7.13. The maximum Gasteiger partial charge on any atom is 0.269 e. The summed E-state index contributed by atoms with van der Waals surface area (Å²) in [5.41, 5.74) is 0.485. The van der Waals surface area contributed by atoms with Gasteiger partial charge in [-0.25, -0.2) is 19.9 Å². The summed E-state index contributed by atoms with van der Waals surface area (Å²) >= 11 is 1.50. The van der Waals surface area contributed by atoms with E-state index in [2.05, 4.69) is 35.9 Å². The summed E-state index contributed by atoms with van der Waals surface area (Å²) in [5.74, 6) is 0.364. The first kappa shape index (κ1) is 20.0. The zero-order valence-corrected chi connectivity index (χ0v) is 17.1. The Hall–Kier alpha value is -3.34. The number of nitrogens with one attached hydrogen (secondary N) is 3. The van der Waals surface area contributed by atoms with Crippen LogP contribution in [0.4, 0.5) is 26.8 Å². The van der Waals surface area contributed by atoms with Crippen molar-refractivity contribution in [2.75, 3.05) is 35.7 Å². The van der Waals surface area contributed by atoms with Crippen LogP contribution in [0.15, 0.2) is 36.1 Å². The van der Waals surface area contributed by atoms with Gasteiger partial charge >= 0.3 is 0 Å². The van der Waals surface area contributed by atoms with Gasteiger partial charge in [0, 0.05) is 43.8 Å². The highest BCUT2D eigenvalue weighted by atomic mass is 32.1. The molecule has 0 unspecified atom stereocenters. The Morgan fingerprint density at radius 3 is 2.70 bits per heavy atom. The van der Waals surface area contributed by atoms with Crippen molar-refractivity contribution in [3.05, 3.63) is 47.7 Å². The van der Waals surface area contributed by atoms with Gasteiger partial charge in [-0.3, -0.25) is 4.79 Å². The fourth-order valence-corrected chi connectivity index (χ4v) is 3.83. The van der Waals surface area contributed by atoms with E-state index in [4.69, 9.17) is 0 Å². The van der Waals surface area contributed by atoms with Gasteiger partial charge in [-0.15, -0.1) is 11.3 Å². The van der Waals surface area contributed by atoms with Crippen molar-refractivity contribution in [3.8, 4) is 0 Å². The van der Waals surface area contributed by atoms with Gasteiger partial charge in [-0.2, -0.15) is 4.39 Å². The number of carbonyl (C=O) groups is 1. The SMILES string of the molecule is CNC(=O)c1ccc(N2CCC(Nc3cc(Nc4nccs4)ncn3)CC2)c(F)n1. The maximum absolute atomic E-state index is 14.4. The van der Waals surface area contributed by atoms with Crippen LogP contribution in [0.5, 0.6) is 0 Å². The van der Waals surface area contributed by atoms with Crippen molar-refractivity contribution in [1.82, 2.24) is 25.3 Å². The number of halogens is 1. The molecule has 0 bridgehead atoms. The van der Waals surface area contributed by atoms with Crippen LogP contribution >= 0.6 is 11.3 Å². The standard InChI is InChI=1S/C19H21FN8OS/c1-21-18(29)13-2-3-14(17(20)26-13)28-7-4-12(5-8-28)25-15-10-16(24-11-23-15)27-19-22-6-9-30-19/h2-3,6,9-12H,4-5,7-8H2,1H3,(H,21,29)(H2,22,23,24,25,27). The van der Waals surface area contributed by atoms with Gasteiger partial charge in [-0.1, -0.05) is 0 Å². The Morgan fingerprint density at radius 1 is 1.20 bits per heavy atom. The molecule has 11 heteroatoms. The van der Waals surface area contributed by atoms with Gasteiger partial charge in [-0.05, 0) is 25.0 Å². The summed E-state index contributed by atoms with van der Waals surface area (Å²) in [5, 5.41) is 11.7. The lowest BCUT2D eigenvalue weighted by Gasteiger charge is -2.34. The van der Waals surface area contributed by atoms with Crippen molar-refractivity contribution < 1.29 is 9.18 Å². The molecule has 1 aliphatic rings. The van der Waals surface area contributed by atoms with Gasteiger partial charge in [0.15, 0.2) is 5.13 Å². The van der Waals surface area contributed by atoms with Crippen molar-refractivity contribution in [3.63, 3.8) is 0 Å². The molecule has 30 heavy (non-hydrogen) atoms. The van der Waals surface area contributed by atoms with Crippen molar-refractivity contribution in [2.24, 2.45) is 0 Å². The van der Waals surface area contributed by atoms with Gasteiger partial charge in [0.25, 0.3) is 5.91 Å². The number of anilines is 4. The molecule has 3 aromatic heterocycles. The van der Waals surface area contributed by atoms with Gasteiger partial charge in [0.2, 0.25) is 5.95 Å². The largest absolute Gasteiger partial charge is 0.368 e. The molecule has 4 rings (SSSR count). The van der Waals surface area contributed by atoms with E-state index in [1.807, 2.05) is 16.3 Å². The lowest BCUT2D eigenvalue weighted by Crippen LogP contribution is -2.39. The van der Waals surface area contributed by atoms with Crippen LogP contribution < -0.4 is 20.9 Å². The summed E-state index contributed by atoms with van der Waals surface area (Å²) in [6, 6.07) is 5.21. The topological polar surface area (TPSA) is 108 Å². The molecule has 4 heterocycles. The number of thiazole rings is 1. The minimum atomic E-state index is -0.629. The average Bonchev–Trinajstić information content (AvgIpc) is 3.27. The van der Waals surface area contributed by atoms with E-state index >= 15 is 0 Å². The fraction of sp³-hybridized carbons (Fsp3) is 0.316. The van der Waals surface area contributed by atoms with Gasteiger partial charge < -0.3 is 20.9 Å². The molecule has 1 fully saturated rings. The molecule has 156 valence electrons. The van der Waals surface area contributed by atoms with Crippen molar-refractivity contribution in [1.29, 1.82) is 0 Å². The lowest BCUT2D eigenvalue weighted by atomic mass is 10.0. The quantitative estimate of drug-likeness (QED) is 0.515. The second-order valence-electron chi connectivity index (χ2n) is 6.74. The Balaban J connectivity index is 1.34. The number of rotatable bonds is 6. The molecule has 0 saturated carbocycles. The molecule has 0 radical (unpaired) electrons. The molecule has 1 aliphatic heterocycles. The molecule has 1 amide bonds. The second kappa shape index (κ2) is 8.99. The van der Waals surface area contributed by atoms with Crippen LogP contribution in [0.2, 0.25) is 0 Å². The zero-order chi connectivity index (χ0) is 20.9. The first-order valence-corrected chi connectivity index (χ1v) is 10.4. The van der Waals surface area contributed by atoms with E-state index in [-0.39, 0.29) is 11.7 Å². The van der Waals surface area contributed by atoms with E-state index in [0.717, 1.165) is 23.8 Å². The number of carbonyl (C=O) groups excluding carboxylic acids is 1. The maximum atomic E-state index is 14.4. The molecule has 0 atom stereocenters. The normalized spacial score (nSPS) is 14.4. The van der Waals surface area contributed by atoms with Crippen molar-refractivity contribution >= 4 is 39.7 Å². The van der Waals surface area contributed by atoms with E-state index in [0.29, 0.717) is 24.6 Å². The van der Waals surface area contributed by atoms with Gasteiger partial charge in [0.1, 0.15) is 23.7 Å². The zero-order valence-electron chi connectivity index (χ0n) is 16.3. The van der Waals surface area contributed by atoms with Crippen LogP contribution in [0, 0.1) is 5.95 Å². The Labute approximate surface area is 176 Å². The predicted octanol–water partition coefficient (Wildman–Crippen LogP) is 2.65. The summed E-state index contributed by atoms with van der Waals surface area (Å²) < 4.78 is 14.4. The first-order valence-electron chi connectivity index (χ1n) is 9.51. The molecule has 3 aromatic rings. The summed E-state index contributed by atoms with van der Waals surface area (Å²) in [6.45, 7) is 1.34. The minimum Gasteiger partial charge on any atom is -0.368 e. The fourth-order valence-electron chi connectivity index (χ4n) is 3.29. The van der Waals surface area contributed by atoms with Crippen LogP contribution in [0.25, 0.3) is 0 Å². The molecule has 0 aliphatic carbocycles. The number of amides is 1. The lowest BCUT2D eigenvalue weighted by molar-refractivity contribution is 0.0957. The molecule has 3 N–H and O–H groups in total. The number of hydrogen-bond acceptors (Lipinski definition) is 9. The Bertz CT molecular complexity index is 1010. The van der Waals surface area contributed by atoms with E-state index in [9.17, 15) is 9.18 Å². The van der Waals surface area contributed by atoms with Crippen LogP contribution in [-0.2, 0) is 0 Å². The number of piperidine rings is 1. The van der Waals surface area contributed by atoms with Gasteiger partial charge in [0.05, 0.1) is 5.69 Å². The van der Waals surface area contributed by atoms with E-state index in [1.165, 1.54) is 24.7 Å². The Morgan fingerprint density at radius 2 is 2.00 bits per heavy atom. The summed E-state index contributed by atoms with van der Waals surface area (Å²) in [6.07, 6.45) is 4.86. The summed E-state index contributed by atoms with van der Waals surface area (Å²) in [4.78, 5) is 30.0. The Kier molecular flexibility index (Phi) is 5.98. The third-order valence-electron chi connectivity index (χ3n) is 4.81. The molecule has 0 aromatic carbocycles. The third kappa shape index (κ3) is 4.62. The number of nitrogens with zero attached hydrogens (tertiary/aromatic N) is 5. The van der Waals surface area contributed by atoms with Crippen LogP contribution in [-0.4, -0.2) is 52.0 Å². The predicted molar refractivity (Wildman–Crippen MR) is 114 cm³/mol. The molecular weight excluding hydrogens is 407 g/mol. The van der Waals surface area contributed by atoms with Crippen molar-refractivity contribution in [2.45, 2.75) is 18.9 Å². The number of pyridine rings is 1. The van der Waals surface area contributed by atoms with Crippen LogP contribution in [0.3, 0.4) is 0 Å². The molecule has 0 spiro atoms. The molecule has 1 saturated heterocycles. The van der Waals surface area contributed by atoms with E-state index < -0.39 is 11.9 Å². The first-order chi connectivity index (χ1) is 14.6. The monoisotopic (exact) mass is 428 g/mol. The smallest absolute Gasteiger partial charge is 0.269 e. The second-order valence-corrected chi connectivity index (χ2v) is 7.64. The third-order valence-corrected chi connectivity index (χ3v) is 5.50. The highest BCUT2D eigenvalue weighted by Crippen LogP contribution is 2.24. The molecule has 9 nitrogen and oxygen atoms in total. The average molecular weight is 428 g/mol. The number of aromatic nitrogens is 4.